The number of aliphatic carboxylic acids is 4. The van der Waals surface area contributed by atoms with Crippen molar-refractivity contribution in [2.45, 2.75) is 66.5 Å². The maximum Gasteiger partial charge on any atom is 2.00 e. The van der Waals surface area contributed by atoms with Crippen LogP contribution in [0.2, 0.25) is 0 Å². The van der Waals surface area contributed by atoms with Crippen molar-refractivity contribution in [1.29, 1.82) is 0 Å². The van der Waals surface area contributed by atoms with Crippen LogP contribution in [-0.2, 0) is 66.4 Å². The Hall–Kier alpha value is -2.18. The topological polar surface area (TPSA) is 236 Å². The molecule has 54 heavy (non-hydrogen) atoms. The fourth-order valence-corrected chi connectivity index (χ4v) is 4.69. The maximum atomic E-state index is 9.00. The van der Waals surface area contributed by atoms with Crippen molar-refractivity contribution in [2.75, 3.05) is 105 Å². The molecule has 3 rings (SSSR count). The summed E-state index contributed by atoms with van der Waals surface area (Å²) in [4.78, 5) is 41.1. The second-order valence-electron chi connectivity index (χ2n) is 12.0. The Morgan fingerprint density at radius 2 is 0.759 bits per heavy atom. The van der Waals surface area contributed by atoms with Gasteiger partial charge in [0.2, 0.25) is 0 Å². The third-order valence-electron chi connectivity index (χ3n) is 6.80. The first kappa shape index (κ1) is 58.5. The van der Waals surface area contributed by atoms with Crippen LogP contribution in [0.25, 0.3) is 21.3 Å². The third-order valence-corrected chi connectivity index (χ3v) is 6.80. The van der Waals surface area contributed by atoms with E-state index in [0.717, 1.165) is 171 Å². The number of nitrogens with zero attached hydrogens (tertiary/aromatic N) is 6. The van der Waals surface area contributed by atoms with Crippen LogP contribution in [0.5, 0.6) is 0 Å². The fourth-order valence-electron chi connectivity index (χ4n) is 4.69. The van der Waals surface area contributed by atoms with Gasteiger partial charge in [-0.2, -0.15) is 0 Å². The van der Waals surface area contributed by atoms with Crippen molar-refractivity contribution in [3.63, 3.8) is 0 Å². The molecule has 0 aliphatic carbocycles. The Kier molecular flexibility index (Phi) is 47.2. The van der Waals surface area contributed by atoms with E-state index in [1.807, 2.05) is 0 Å². The predicted molar refractivity (Wildman–Crippen MR) is 207 cm³/mol. The number of rotatable bonds is 4. The molecule has 0 aromatic heterocycles. The molecule has 18 heteroatoms. The van der Waals surface area contributed by atoms with Gasteiger partial charge in [0.05, 0.1) is 0 Å². The van der Waals surface area contributed by atoms with Gasteiger partial charge in [-0.25, -0.2) is 0 Å². The Morgan fingerprint density at radius 3 is 1.07 bits per heavy atom. The minimum Gasteiger partial charge on any atom is -0.661 e. The van der Waals surface area contributed by atoms with Crippen LogP contribution in [-0.4, -0.2) is 159 Å². The number of carboxylic acid groups (broad SMARTS) is 4. The second-order valence-corrected chi connectivity index (χ2v) is 12.0. The van der Waals surface area contributed by atoms with E-state index in [0.29, 0.717) is 0 Å². The van der Waals surface area contributed by atoms with Crippen LogP contribution >= 0.6 is 0 Å². The van der Waals surface area contributed by atoms with E-state index in [9.17, 15) is 0 Å². The number of benzene rings is 1. The van der Waals surface area contributed by atoms with Gasteiger partial charge in [-0.1, -0.05) is 49.9 Å². The molecule has 2 aliphatic heterocycles. The van der Waals surface area contributed by atoms with Crippen molar-refractivity contribution in [1.82, 2.24) is 20.4 Å². The second kappa shape index (κ2) is 43.5. The molecule has 2 saturated heterocycles. The summed E-state index contributed by atoms with van der Waals surface area (Å²) < 4.78 is 0. The van der Waals surface area contributed by atoms with Gasteiger partial charge < -0.3 is 62.1 Å². The van der Waals surface area contributed by atoms with Gasteiger partial charge in [-0.05, 0) is 63.5 Å². The molecule has 0 saturated carbocycles. The van der Waals surface area contributed by atoms with E-state index >= 15 is 0 Å². The minimum absolute atomic E-state index is 0. The average Bonchev–Trinajstić information content (AvgIpc) is 3.04. The molecule has 2 heterocycles. The monoisotopic (exact) mass is 864 g/mol. The van der Waals surface area contributed by atoms with Crippen molar-refractivity contribution >= 4 is 23.9 Å². The zero-order valence-electron chi connectivity index (χ0n) is 32.6. The first-order valence-corrected chi connectivity index (χ1v) is 18.1. The predicted octanol–water partition coefficient (Wildman–Crippen LogP) is 3.91. The smallest absolute Gasteiger partial charge is 0.661 e. The molecule has 16 nitrogen and oxygen atoms in total. The van der Waals surface area contributed by atoms with Crippen molar-refractivity contribution < 1.29 is 73.7 Å². The molecule has 2 aliphatic rings. The van der Waals surface area contributed by atoms with Crippen LogP contribution in [0.15, 0.2) is 24.3 Å². The fraction of sp³-hybridized carbons (Fsp3) is 0.722. The molecule has 2 fully saturated rings. The van der Waals surface area contributed by atoms with Gasteiger partial charge in [-0.15, -0.1) is 52.4 Å². The third kappa shape index (κ3) is 51.9. The minimum atomic E-state index is -0.833. The van der Waals surface area contributed by atoms with E-state index in [1.54, 1.807) is 0 Å². The first-order chi connectivity index (χ1) is 24.8. The van der Waals surface area contributed by atoms with Gasteiger partial charge in [0.25, 0.3) is 23.9 Å². The number of carboxylic acids is 4. The van der Waals surface area contributed by atoms with Crippen LogP contribution in [0.4, 0.5) is 0 Å². The Morgan fingerprint density at radius 1 is 0.481 bits per heavy atom. The van der Waals surface area contributed by atoms with Gasteiger partial charge in [0, 0.05) is 40.8 Å². The van der Waals surface area contributed by atoms with Crippen molar-refractivity contribution in [2.24, 2.45) is 0 Å². The number of carbonyl (C=O) groups is 4. The van der Waals surface area contributed by atoms with E-state index in [-0.39, 0.29) is 34.1 Å². The maximum absolute atomic E-state index is 9.00. The molecule has 2 radical (unpaired) electrons. The standard InChI is InChI=1S/C28H50N8.4C2H4O2.2Cu/c1-9-29-15-17-31-13-3-21-35(23-19-33-11-1)25-27-5-7-28(8-6-27)26-36-22-4-14-32-18-16-30-10-2-12-34-20-24-36;4*1-2(3)4;;/h5-8,29-30H,1-4,9-26H2;4*1H3,(H,3,4);;/q-4;;;;;2*+2. The molecule has 0 atom stereocenters. The quantitative estimate of drug-likeness (QED) is 0.237. The van der Waals surface area contributed by atoms with Crippen LogP contribution in [0.3, 0.4) is 0 Å². The summed E-state index contributed by atoms with van der Waals surface area (Å²) in [6.07, 6.45) is 4.50. The average molecular weight is 866 g/mol. The zero-order valence-corrected chi connectivity index (χ0v) is 34.5. The molecular formula is C36H66Cu2N8O8. The van der Waals surface area contributed by atoms with E-state index in [2.05, 4.69) is 55.3 Å². The Labute approximate surface area is 344 Å². The normalized spacial score (nSPS) is 17.1. The Bertz CT molecular complexity index is 886. The summed E-state index contributed by atoms with van der Waals surface area (Å²) >= 11 is 0. The van der Waals surface area contributed by atoms with Crippen molar-refractivity contribution in [3.8, 4) is 0 Å². The SMILES string of the molecule is CC(=O)O.CC(=O)O.CC(=O)O.CC(=O)O.[Cu+2].[Cu+2].c1cc(CN2CCC[N-]CCNCCC[N-]CC2)ccc1CN1CCC[N-]CCNCCC[N-]CC1. The molecule has 0 unspecified atom stereocenters. The van der Waals surface area contributed by atoms with Gasteiger partial charge in [-0.3, -0.25) is 19.2 Å². The summed E-state index contributed by atoms with van der Waals surface area (Å²) in [5.74, 6) is -3.33. The first-order valence-electron chi connectivity index (χ1n) is 18.1. The van der Waals surface area contributed by atoms with Gasteiger partial charge >= 0.3 is 34.1 Å². The number of hydrogen-bond donors (Lipinski definition) is 6. The van der Waals surface area contributed by atoms with Gasteiger partial charge in [0.1, 0.15) is 0 Å². The van der Waals surface area contributed by atoms with E-state index < -0.39 is 23.9 Å². The molecule has 320 valence electrons. The molecule has 0 bridgehead atoms. The zero-order chi connectivity index (χ0) is 39.2. The summed E-state index contributed by atoms with van der Waals surface area (Å²) in [5.41, 5.74) is 2.79. The van der Waals surface area contributed by atoms with Crippen LogP contribution < -0.4 is 10.6 Å². The number of nitrogens with one attached hydrogen (secondary N) is 2. The van der Waals surface area contributed by atoms with E-state index in [4.69, 9.17) is 50.2 Å². The molecule has 6 N–H and O–H groups in total. The molecule has 1 aromatic rings. The molecule has 1 aromatic carbocycles. The summed E-state index contributed by atoms with van der Waals surface area (Å²) in [6, 6.07) is 9.30. The molecular weight excluding hydrogens is 800 g/mol. The summed E-state index contributed by atoms with van der Waals surface area (Å²) in [7, 11) is 0. The largest absolute Gasteiger partial charge is 2.00 e. The van der Waals surface area contributed by atoms with Crippen molar-refractivity contribution in [3.05, 3.63) is 56.7 Å². The molecule has 0 spiro atoms. The van der Waals surface area contributed by atoms with Crippen LogP contribution in [0.1, 0.15) is 64.5 Å². The summed E-state index contributed by atoms with van der Waals surface area (Å²) in [6.45, 7) is 22.2. The van der Waals surface area contributed by atoms with E-state index in [1.165, 1.54) is 11.1 Å². The number of hydrogen-bond acceptors (Lipinski definition) is 8. The molecule has 0 amide bonds. The van der Waals surface area contributed by atoms with Gasteiger partial charge in [0.15, 0.2) is 0 Å². The van der Waals surface area contributed by atoms with Crippen LogP contribution in [0, 0.1) is 0 Å². The Balaban J connectivity index is -0.000000588. The summed E-state index contributed by atoms with van der Waals surface area (Å²) in [5, 5.41) is 55.4.